The minimum Gasteiger partial charge on any atom is -0.338 e. The third kappa shape index (κ3) is 3.26. The van der Waals surface area contributed by atoms with E-state index in [2.05, 4.69) is 25.7 Å². The average Bonchev–Trinajstić information content (AvgIpc) is 3.38. The third-order valence-electron chi connectivity index (χ3n) is 4.71. The summed E-state index contributed by atoms with van der Waals surface area (Å²) in [7, 11) is 3.03. The van der Waals surface area contributed by atoms with E-state index in [0.29, 0.717) is 34.5 Å². The van der Waals surface area contributed by atoms with Crippen molar-refractivity contribution in [1.82, 2.24) is 34.2 Å². The number of nitrogens with zero attached hydrogens (tertiary/aromatic N) is 5. The van der Waals surface area contributed by atoms with Crippen LogP contribution in [0.4, 0.5) is 10.7 Å². The maximum atomic E-state index is 12.4. The normalized spacial score (nSPS) is 11.0. The number of carbonyl (C=O) groups excluding carboxylic acids is 1. The topological polar surface area (TPSA) is 132 Å². The monoisotopic (exact) mass is 408 g/mol. The van der Waals surface area contributed by atoms with Crippen LogP contribution < -0.4 is 21.9 Å². The van der Waals surface area contributed by atoms with Gasteiger partial charge in [0, 0.05) is 44.7 Å². The molecule has 3 aromatic heterocycles. The first kappa shape index (κ1) is 19.2. The maximum absolute atomic E-state index is 12.4. The largest absolute Gasteiger partial charge is 0.338 e. The highest BCUT2D eigenvalue weighted by molar-refractivity contribution is 5.93. The summed E-state index contributed by atoms with van der Waals surface area (Å²) in [6.45, 7) is 2.29. The van der Waals surface area contributed by atoms with Crippen LogP contribution in [-0.4, -0.2) is 41.5 Å². The van der Waals surface area contributed by atoms with Crippen molar-refractivity contribution < 1.29 is 4.79 Å². The van der Waals surface area contributed by atoms with E-state index in [-0.39, 0.29) is 12.0 Å². The molecule has 0 radical (unpaired) electrons. The lowest BCUT2D eigenvalue weighted by molar-refractivity contribution is 0.252. The Bertz CT molecular complexity index is 1360. The first-order valence-electron chi connectivity index (χ1n) is 9.25. The van der Waals surface area contributed by atoms with Crippen LogP contribution in [0.15, 0.2) is 46.2 Å². The molecule has 0 aliphatic heterocycles. The molecule has 1 aromatic carbocycles. The van der Waals surface area contributed by atoms with Crippen LogP contribution in [0.1, 0.15) is 6.92 Å². The Balaban J connectivity index is 1.94. The van der Waals surface area contributed by atoms with Crippen molar-refractivity contribution in [3.63, 3.8) is 0 Å². The van der Waals surface area contributed by atoms with Gasteiger partial charge in [-0.3, -0.25) is 19.2 Å². The van der Waals surface area contributed by atoms with Crippen molar-refractivity contribution in [2.75, 3.05) is 11.9 Å². The molecule has 0 unspecified atom stereocenters. The number of urea groups is 1. The maximum Gasteiger partial charge on any atom is 0.330 e. The van der Waals surface area contributed by atoms with E-state index in [0.717, 1.165) is 4.57 Å². The fraction of sp³-hybridized carbons (Fsp3) is 0.211. The minimum atomic E-state index is -0.432. The molecule has 4 aromatic rings. The molecule has 11 nitrogen and oxygen atoms in total. The molecule has 0 saturated carbocycles. The zero-order valence-electron chi connectivity index (χ0n) is 16.6. The molecular formula is C19H20N8O3. The second-order valence-corrected chi connectivity index (χ2v) is 6.68. The zero-order chi connectivity index (χ0) is 21.4. The summed E-state index contributed by atoms with van der Waals surface area (Å²) in [5.41, 5.74) is 2.05. The molecule has 154 valence electrons. The molecule has 0 aliphatic rings. The summed E-state index contributed by atoms with van der Waals surface area (Å²) in [5.74, 6) is 0.263. The number of nitrogens with one attached hydrogen (secondary N) is 3. The number of imidazole rings is 1. The number of aromatic amines is 1. The number of fused-ring (bicyclic) bond motifs is 1. The van der Waals surface area contributed by atoms with Crippen molar-refractivity contribution in [2.24, 2.45) is 14.1 Å². The predicted octanol–water partition coefficient (Wildman–Crippen LogP) is 0.954. The Labute approximate surface area is 170 Å². The number of anilines is 1. The highest BCUT2D eigenvalue weighted by atomic mass is 16.2. The van der Waals surface area contributed by atoms with Gasteiger partial charge in [-0.2, -0.15) is 5.10 Å². The number of amides is 2. The number of benzene rings is 1. The van der Waals surface area contributed by atoms with Crippen molar-refractivity contribution in [3.05, 3.63) is 57.5 Å². The van der Waals surface area contributed by atoms with Gasteiger partial charge in [0.15, 0.2) is 0 Å². The lowest BCUT2D eigenvalue weighted by Gasteiger charge is -2.11. The highest BCUT2D eigenvalue weighted by Gasteiger charge is 2.16. The van der Waals surface area contributed by atoms with Crippen LogP contribution in [0, 0.1) is 0 Å². The van der Waals surface area contributed by atoms with Gasteiger partial charge in [-0.05, 0) is 25.1 Å². The lowest BCUT2D eigenvalue weighted by Crippen LogP contribution is -2.37. The summed E-state index contributed by atoms with van der Waals surface area (Å²) < 4.78 is 4.08. The van der Waals surface area contributed by atoms with Crippen LogP contribution in [0.25, 0.3) is 28.0 Å². The molecule has 4 rings (SSSR count). The van der Waals surface area contributed by atoms with Gasteiger partial charge in [-0.1, -0.05) is 0 Å². The van der Waals surface area contributed by atoms with Crippen LogP contribution >= 0.6 is 0 Å². The predicted molar refractivity (Wildman–Crippen MR) is 112 cm³/mol. The Kier molecular flexibility index (Phi) is 4.70. The van der Waals surface area contributed by atoms with Crippen molar-refractivity contribution >= 4 is 23.0 Å². The summed E-state index contributed by atoms with van der Waals surface area (Å²) in [4.78, 5) is 44.0. The SMILES string of the molecule is CCNC(=O)Nc1nc2cc(-c3cc(=O)n(C)c(=O)n3C)cc(-n3cccn3)c2[nH]1. The zero-order valence-corrected chi connectivity index (χ0v) is 16.6. The van der Waals surface area contributed by atoms with Gasteiger partial charge in [0.1, 0.15) is 0 Å². The molecule has 0 saturated heterocycles. The quantitative estimate of drug-likeness (QED) is 0.463. The minimum absolute atomic E-state index is 0.263. The number of hydrogen-bond acceptors (Lipinski definition) is 5. The van der Waals surface area contributed by atoms with Gasteiger partial charge in [-0.15, -0.1) is 0 Å². The first-order chi connectivity index (χ1) is 14.4. The Morgan fingerprint density at radius 3 is 2.67 bits per heavy atom. The lowest BCUT2D eigenvalue weighted by atomic mass is 10.1. The molecule has 0 spiro atoms. The van der Waals surface area contributed by atoms with E-state index in [1.807, 2.05) is 6.92 Å². The molecule has 2 amide bonds. The Morgan fingerprint density at radius 2 is 1.97 bits per heavy atom. The van der Waals surface area contributed by atoms with E-state index < -0.39 is 11.2 Å². The molecule has 3 N–H and O–H groups in total. The van der Waals surface area contributed by atoms with E-state index in [4.69, 9.17) is 0 Å². The van der Waals surface area contributed by atoms with Crippen LogP contribution in [0.2, 0.25) is 0 Å². The average molecular weight is 408 g/mol. The number of H-pyrrole nitrogens is 1. The first-order valence-corrected chi connectivity index (χ1v) is 9.25. The molecule has 0 aliphatic carbocycles. The standard InChI is InChI=1S/C19H20N8O3/c1-4-20-18(29)24-17-22-12-8-11(13-10-15(28)26(3)19(30)25(13)2)9-14(16(12)23-17)27-7-5-6-21-27/h5-10H,4H2,1-3H3,(H3,20,22,23,24,29). The van der Waals surface area contributed by atoms with Gasteiger partial charge >= 0.3 is 11.7 Å². The van der Waals surface area contributed by atoms with Gasteiger partial charge in [-0.25, -0.2) is 19.3 Å². The van der Waals surface area contributed by atoms with Crippen molar-refractivity contribution in [2.45, 2.75) is 6.92 Å². The summed E-state index contributed by atoms with van der Waals surface area (Å²) in [6, 6.07) is 6.34. The van der Waals surface area contributed by atoms with Crippen LogP contribution in [0.5, 0.6) is 0 Å². The second kappa shape index (κ2) is 7.35. The van der Waals surface area contributed by atoms with Crippen LogP contribution in [-0.2, 0) is 14.1 Å². The van der Waals surface area contributed by atoms with Crippen LogP contribution in [0.3, 0.4) is 0 Å². The van der Waals surface area contributed by atoms with Crippen molar-refractivity contribution in [3.8, 4) is 16.9 Å². The van der Waals surface area contributed by atoms with Gasteiger partial charge in [0.05, 0.1) is 22.4 Å². The third-order valence-corrected chi connectivity index (χ3v) is 4.71. The van der Waals surface area contributed by atoms with Gasteiger partial charge in [0.2, 0.25) is 5.95 Å². The smallest absolute Gasteiger partial charge is 0.330 e. The Hall–Kier alpha value is -4.15. The van der Waals surface area contributed by atoms with E-state index in [1.54, 1.807) is 42.3 Å². The fourth-order valence-corrected chi connectivity index (χ4v) is 3.22. The highest BCUT2D eigenvalue weighted by Crippen LogP contribution is 2.28. The van der Waals surface area contributed by atoms with E-state index in [9.17, 15) is 14.4 Å². The van der Waals surface area contributed by atoms with E-state index in [1.165, 1.54) is 17.7 Å². The Morgan fingerprint density at radius 1 is 1.17 bits per heavy atom. The summed E-state index contributed by atoms with van der Waals surface area (Å²) >= 11 is 0. The van der Waals surface area contributed by atoms with E-state index >= 15 is 0 Å². The molecule has 0 atom stereocenters. The molecule has 0 bridgehead atoms. The number of aromatic nitrogens is 6. The molecule has 11 heteroatoms. The van der Waals surface area contributed by atoms with Crippen molar-refractivity contribution in [1.29, 1.82) is 0 Å². The van der Waals surface area contributed by atoms with Gasteiger partial charge < -0.3 is 10.3 Å². The second-order valence-electron chi connectivity index (χ2n) is 6.68. The number of carbonyl (C=O) groups is 1. The molecule has 0 fully saturated rings. The fourth-order valence-electron chi connectivity index (χ4n) is 3.22. The number of hydrogen-bond donors (Lipinski definition) is 3. The molecule has 3 heterocycles. The summed E-state index contributed by atoms with van der Waals surface area (Å²) in [6.07, 6.45) is 3.40. The molecular weight excluding hydrogens is 388 g/mol. The molecule has 30 heavy (non-hydrogen) atoms. The van der Waals surface area contributed by atoms with Gasteiger partial charge in [0.25, 0.3) is 5.56 Å². The summed E-state index contributed by atoms with van der Waals surface area (Å²) in [5, 5.41) is 9.56. The number of rotatable bonds is 4.